The van der Waals surface area contributed by atoms with Gasteiger partial charge in [0.05, 0.1) is 12.2 Å². The molecule has 0 saturated carbocycles. The highest BCUT2D eigenvalue weighted by molar-refractivity contribution is 9.11. The van der Waals surface area contributed by atoms with Crippen molar-refractivity contribution in [2.75, 3.05) is 5.32 Å². The van der Waals surface area contributed by atoms with Gasteiger partial charge < -0.3 is 9.73 Å². The third-order valence-electron chi connectivity index (χ3n) is 2.43. The molecule has 2 rings (SSSR count). The van der Waals surface area contributed by atoms with E-state index in [1.807, 2.05) is 32.0 Å². The van der Waals surface area contributed by atoms with Crippen molar-refractivity contribution in [2.24, 2.45) is 0 Å². The second kappa shape index (κ2) is 5.23. The summed E-state index contributed by atoms with van der Waals surface area (Å²) in [4.78, 5) is 4.32. The average Bonchev–Trinajstić information content (AvgIpc) is 2.57. The first-order chi connectivity index (χ1) is 8.06. The van der Waals surface area contributed by atoms with Crippen molar-refractivity contribution in [2.45, 2.75) is 20.4 Å². The van der Waals surface area contributed by atoms with E-state index in [1.165, 1.54) is 0 Å². The highest BCUT2D eigenvalue weighted by Crippen LogP contribution is 2.26. The number of hydrogen-bond donors (Lipinski definition) is 1. The quantitative estimate of drug-likeness (QED) is 0.880. The van der Waals surface area contributed by atoms with E-state index >= 15 is 0 Å². The monoisotopic (exact) mass is 358 g/mol. The van der Waals surface area contributed by atoms with Crippen LogP contribution >= 0.6 is 31.9 Å². The molecule has 0 radical (unpaired) electrons. The van der Waals surface area contributed by atoms with Gasteiger partial charge in [0.1, 0.15) is 5.76 Å². The van der Waals surface area contributed by atoms with Gasteiger partial charge in [-0.25, -0.2) is 4.98 Å². The van der Waals surface area contributed by atoms with Gasteiger partial charge in [0.15, 0.2) is 0 Å². The number of hydrogen-bond acceptors (Lipinski definition) is 3. The third kappa shape index (κ3) is 3.10. The fourth-order valence-corrected chi connectivity index (χ4v) is 2.61. The molecule has 5 heteroatoms. The molecule has 0 fully saturated rings. The summed E-state index contributed by atoms with van der Waals surface area (Å²) in [6, 6.07) is 5.98. The zero-order chi connectivity index (χ0) is 12.4. The lowest BCUT2D eigenvalue weighted by Gasteiger charge is -2.06. The molecule has 1 aromatic carbocycles. The van der Waals surface area contributed by atoms with Crippen molar-refractivity contribution in [1.82, 2.24) is 4.98 Å². The predicted octanol–water partition coefficient (Wildman–Crippen LogP) is 4.43. The number of aromatic nitrogens is 1. The molecular weight excluding hydrogens is 348 g/mol. The highest BCUT2D eigenvalue weighted by Gasteiger charge is 2.06. The summed E-state index contributed by atoms with van der Waals surface area (Å²) in [6.07, 6.45) is 0. The maximum atomic E-state index is 5.50. The lowest BCUT2D eigenvalue weighted by Crippen LogP contribution is -2.00. The maximum Gasteiger partial charge on any atom is 0.213 e. The summed E-state index contributed by atoms with van der Waals surface area (Å²) in [5, 5.41) is 3.27. The molecule has 0 spiro atoms. The fraction of sp³-hybridized carbons (Fsp3) is 0.250. The van der Waals surface area contributed by atoms with Gasteiger partial charge in [-0.05, 0) is 48.0 Å². The van der Waals surface area contributed by atoms with Crippen LogP contribution in [0.5, 0.6) is 0 Å². The highest BCUT2D eigenvalue weighted by atomic mass is 79.9. The molecule has 0 aliphatic carbocycles. The van der Waals surface area contributed by atoms with Gasteiger partial charge in [-0.15, -0.1) is 0 Å². The van der Waals surface area contributed by atoms with Crippen molar-refractivity contribution in [3.8, 4) is 0 Å². The molecule has 17 heavy (non-hydrogen) atoms. The molecule has 0 aliphatic rings. The molecule has 0 unspecified atom stereocenters. The number of aryl methyl sites for hydroxylation is 2. The van der Waals surface area contributed by atoms with E-state index in [-0.39, 0.29) is 0 Å². The lowest BCUT2D eigenvalue weighted by molar-refractivity contribution is 0.478. The van der Waals surface area contributed by atoms with E-state index < -0.39 is 0 Å². The summed E-state index contributed by atoms with van der Waals surface area (Å²) >= 11 is 6.91. The second-order valence-electron chi connectivity index (χ2n) is 3.73. The minimum absolute atomic E-state index is 0.578. The topological polar surface area (TPSA) is 38.1 Å². The molecule has 0 bridgehead atoms. The molecule has 0 amide bonds. The van der Waals surface area contributed by atoms with Crippen molar-refractivity contribution in [3.05, 3.63) is 44.5 Å². The van der Waals surface area contributed by atoms with Crippen molar-refractivity contribution >= 4 is 37.5 Å². The van der Waals surface area contributed by atoms with Gasteiger partial charge in [-0.2, -0.15) is 0 Å². The Bertz CT molecular complexity index is 518. The van der Waals surface area contributed by atoms with Crippen LogP contribution in [0.25, 0.3) is 0 Å². The van der Waals surface area contributed by atoms with Gasteiger partial charge in [0, 0.05) is 14.6 Å². The first kappa shape index (κ1) is 12.6. The smallest absolute Gasteiger partial charge is 0.213 e. The minimum atomic E-state index is 0.578. The number of nitrogens with one attached hydrogen (secondary N) is 1. The SMILES string of the molecule is Cc1nc(CNc2ccc(Br)cc2Br)oc1C. The predicted molar refractivity (Wildman–Crippen MR) is 75.1 cm³/mol. The lowest BCUT2D eigenvalue weighted by atomic mass is 10.3. The Labute approximate surface area is 117 Å². The fourth-order valence-electron chi connectivity index (χ4n) is 1.42. The summed E-state index contributed by atoms with van der Waals surface area (Å²) in [7, 11) is 0. The Balaban J connectivity index is 2.07. The zero-order valence-corrected chi connectivity index (χ0v) is 12.7. The van der Waals surface area contributed by atoms with Crippen molar-refractivity contribution < 1.29 is 4.42 Å². The van der Waals surface area contributed by atoms with E-state index in [9.17, 15) is 0 Å². The normalized spacial score (nSPS) is 10.6. The molecule has 1 heterocycles. The van der Waals surface area contributed by atoms with Crippen LogP contribution in [0.3, 0.4) is 0 Å². The van der Waals surface area contributed by atoms with Crippen LogP contribution in [-0.2, 0) is 6.54 Å². The Kier molecular flexibility index (Phi) is 3.89. The average molecular weight is 360 g/mol. The zero-order valence-electron chi connectivity index (χ0n) is 9.55. The molecule has 0 aliphatic heterocycles. The van der Waals surface area contributed by atoms with E-state index in [4.69, 9.17) is 4.42 Å². The number of halogens is 2. The standard InChI is InChI=1S/C12H12Br2N2O/c1-7-8(2)17-12(16-7)6-15-11-4-3-9(13)5-10(11)14/h3-5,15H,6H2,1-2H3. The first-order valence-electron chi connectivity index (χ1n) is 5.18. The van der Waals surface area contributed by atoms with Crippen LogP contribution in [0.4, 0.5) is 5.69 Å². The molecule has 1 N–H and O–H groups in total. The number of anilines is 1. The van der Waals surface area contributed by atoms with Gasteiger partial charge in [0.2, 0.25) is 5.89 Å². The molecule has 2 aromatic rings. The van der Waals surface area contributed by atoms with Crippen molar-refractivity contribution in [1.29, 1.82) is 0 Å². The number of rotatable bonds is 3. The van der Waals surface area contributed by atoms with Crippen LogP contribution in [0.1, 0.15) is 17.3 Å². The summed E-state index contributed by atoms with van der Waals surface area (Å²) in [6.45, 7) is 4.44. The third-order valence-corrected chi connectivity index (χ3v) is 3.58. The van der Waals surface area contributed by atoms with E-state index in [0.29, 0.717) is 12.4 Å². The Morgan fingerprint density at radius 1 is 1.29 bits per heavy atom. The second-order valence-corrected chi connectivity index (χ2v) is 5.50. The molecule has 1 aromatic heterocycles. The van der Waals surface area contributed by atoms with Gasteiger partial charge in [-0.3, -0.25) is 0 Å². The summed E-state index contributed by atoms with van der Waals surface area (Å²) in [5.74, 6) is 1.58. The van der Waals surface area contributed by atoms with Crippen molar-refractivity contribution in [3.63, 3.8) is 0 Å². The number of nitrogens with zero attached hydrogens (tertiary/aromatic N) is 1. The van der Waals surface area contributed by atoms with Crippen LogP contribution in [0, 0.1) is 13.8 Å². The van der Waals surface area contributed by atoms with E-state index in [1.54, 1.807) is 0 Å². The number of benzene rings is 1. The van der Waals surface area contributed by atoms with Gasteiger partial charge in [-0.1, -0.05) is 15.9 Å². The first-order valence-corrected chi connectivity index (χ1v) is 6.76. The summed E-state index contributed by atoms with van der Waals surface area (Å²) in [5.41, 5.74) is 1.96. The summed E-state index contributed by atoms with van der Waals surface area (Å²) < 4.78 is 7.55. The van der Waals surface area contributed by atoms with Crippen LogP contribution in [0.2, 0.25) is 0 Å². The minimum Gasteiger partial charge on any atom is -0.444 e. The van der Waals surface area contributed by atoms with Gasteiger partial charge in [0.25, 0.3) is 0 Å². The molecule has 0 saturated heterocycles. The Morgan fingerprint density at radius 2 is 2.06 bits per heavy atom. The molecule has 3 nitrogen and oxygen atoms in total. The van der Waals surface area contributed by atoms with Crippen LogP contribution < -0.4 is 5.32 Å². The number of oxazole rings is 1. The van der Waals surface area contributed by atoms with E-state index in [2.05, 4.69) is 42.2 Å². The van der Waals surface area contributed by atoms with Crippen LogP contribution in [0.15, 0.2) is 31.6 Å². The molecule has 90 valence electrons. The molecular formula is C12H12Br2N2O. The Hall–Kier alpha value is -0.810. The Morgan fingerprint density at radius 3 is 2.65 bits per heavy atom. The van der Waals surface area contributed by atoms with E-state index in [0.717, 1.165) is 26.1 Å². The maximum absolute atomic E-state index is 5.50. The van der Waals surface area contributed by atoms with Crippen LogP contribution in [-0.4, -0.2) is 4.98 Å². The largest absolute Gasteiger partial charge is 0.444 e. The molecule has 0 atom stereocenters. The van der Waals surface area contributed by atoms with Gasteiger partial charge >= 0.3 is 0 Å².